The quantitative estimate of drug-likeness (QED) is 0.304. The van der Waals surface area contributed by atoms with Crippen LogP contribution in [0.5, 0.6) is 11.5 Å². The number of nitrogens with one attached hydrogen (secondary N) is 1. The highest BCUT2D eigenvalue weighted by Gasteiger charge is 2.35. The third-order valence-electron chi connectivity index (χ3n) is 4.97. The van der Waals surface area contributed by atoms with E-state index in [1.807, 2.05) is 0 Å². The zero-order valence-electron chi connectivity index (χ0n) is 19.5. The summed E-state index contributed by atoms with van der Waals surface area (Å²) in [5, 5.41) is 3.19. The first-order valence-electron chi connectivity index (χ1n) is 10.5. The number of hydrazone groups is 1. The smallest absolute Gasteiger partial charge is 0.417 e. The molecule has 37 heavy (non-hydrogen) atoms. The van der Waals surface area contributed by atoms with E-state index in [0.717, 1.165) is 12.1 Å². The van der Waals surface area contributed by atoms with E-state index in [9.17, 15) is 26.4 Å². The summed E-state index contributed by atoms with van der Waals surface area (Å²) in [4.78, 5) is 12.4. The van der Waals surface area contributed by atoms with Crippen molar-refractivity contribution in [3.8, 4) is 11.5 Å². The second-order valence-corrected chi connectivity index (χ2v) is 9.66. The van der Waals surface area contributed by atoms with E-state index < -0.39 is 44.9 Å². The summed E-state index contributed by atoms with van der Waals surface area (Å²) in [5.74, 6) is -0.00695. The molecule has 1 N–H and O–H groups in total. The number of sulfonamides is 1. The van der Waals surface area contributed by atoms with Crippen LogP contribution in [0.1, 0.15) is 11.1 Å². The zero-order chi connectivity index (χ0) is 27.2. The fourth-order valence-electron chi connectivity index (χ4n) is 3.20. The van der Waals surface area contributed by atoms with E-state index in [2.05, 4.69) is 10.5 Å². The summed E-state index contributed by atoms with van der Waals surface area (Å²) in [6, 6.07) is 14.4. The van der Waals surface area contributed by atoms with Crippen molar-refractivity contribution in [2.24, 2.45) is 5.10 Å². The number of halogens is 4. The van der Waals surface area contributed by atoms with Crippen molar-refractivity contribution in [2.75, 3.05) is 25.1 Å². The molecule has 0 heterocycles. The summed E-state index contributed by atoms with van der Waals surface area (Å²) in [5.41, 5.74) is 1.06. The first-order chi connectivity index (χ1) is 17.5. The number of anilines is 1. The highest BCUT2D eigenvalue weighted by Crippen LogP contribution is 2.38. The number of alkyl halides is 3. The van der Waals surface area contributed by atoms with Gasteiger partial charge in [0.2, 0.25) is 0 Å². The Morgan fingerprint density at radius 3 is 2.32 bits per heavy atom. The topological polar surface area (TPSA) is 97.3 Å². The second kappa shape index (κ2) is 11.5. The van der Waals surface area contributed by atoms with Gasteiger partial charge >= 0.3 is 6.18 Å². The molecule has 3 aromatic carbocycles. The molecular weight excluding hydrogens is 535 g/mol. The van der Waals surface area contributed by atoms with Crippen molar-refractivity contribution in [3.05, 3.63) is 82.9 Å². The average molecular weight is 556 g/mol. The number of carbonyl (C=O) groups is 1. The minimum absolute atomic E-state index is 0.222. The number of rotatable bonds is 9. The third kappa shape index (κ3) is 6.71. The maximum absolute atomic E-state index is 13.4. The minimum atomic E-state index is -4.85. The molecule has 0 saturated carbocycles. The summed E-state index contributed by atoms with van der Waals surface area (Å²) in [6.07, 6.45) is -3.57. The molecule has 0 aromatic heterocycles. The van der Waals surface area contributed by atoms with Gasteiger partial charge in [-0.25, -0.2) is 13.8 Å². The number of benzene rings is 3. The molecule has 0 unspecified atom stereocenters. The summed E-state index contributed by atoms with van der Waals surface area (Å²) >= 11 is 5.69. The SMILES string of the molecule is COc1ccc(/C=N\NC(=O)CN(c2ccc(Cl)c(C(F)(F)F)c2)S(=O)(=O)c2ccccc2)cc1OC. The van der Waals surface area contributed by atoms with Crippen LogP contribution >= 0.6 is 11.6 Å². The van der Waals surface area contributed by atoms with Gasteiger partial charge in [-0.05, 0) is 54.1 Å². The number of ether oxygens (including phenoxy) is 2. The van der Waals surface area contributed by atoms with Gasteiger partial charge in [-0.15, -0.1) is 0 Å². The second-order valence-electron chi connectivity index (χ2n) is 7.39. The molecule has 0 spiro atoms. The molecule has 0 saturated heterocycles. The van der Waals surface area contributed by atoms with Crippen LogP contribution in [0, 0.1) is 0 Å². The lowest BCUT2D eigenvalue weighted by Crippen LogP contribution is -2.39. The van der Waals surface area contributed by atoms with Gasteiger partial charge in [-0.1, -0.05) is 29.8 Å². The Bertz CT molecular complexity index is 1400. The Balaban J connectivity index is 1.90. The van der Waals surface area contributed by atoms with Crippen LogP contribution in [-0.4, -0.2) is 41.3 Å². The predicted molar refractivity (Wildman–Crippen MR) is 133 cm³/mol. The van der Waals surface area contributed by atoms with Crippen molar-refractivity contribution >= 4 is 39.4 Å². The number of amides is 1. The Hall–Kier alpha value is -3.77. The van der Waals surface area contributed by atoms with Crippen LogP contribution in [-0.2, 0) is 21.0 Å². The standard InChI is InChI=1S/C24H21ClF3N3O5S/c1-35-21-11-8-16(12-22(21)36-2)14-29-30-23(32)15-31(37(33,34)18-6-4-3-5-7-18)17-9-10-20(25)19(13-17)24(26,27)28/h3-14H,15H2,1-2H3,(H,30,32)/b29-14-. The number of hydrogen-bond acceptors (Lipinski definition) is 6. The molecule has 0 atom stereocenters. The maximum atomic E-state index is 13.4. The molecule has 3 aromatic rings. The van der Waals surface area contributed by atoms with E-state index in [-0.39, 0.29) is 4.90 Å². The molecule has 0 aliphatic rings. The Morgan fingerprint density at radius 2 is 1.70 bits per heavy atom. The van der Waals surface area contributed by atoms with Crippen molar-refractivity contribution in [1.82, 2.24) is 5.43 Å². The van der Waals surface area contributed by atoms with Crippen molar-refractivity contribution in [3.63, 3.8) is 0 Å². The van der Waals surface area contributed by atoms with Crippen LogP contribution in [0.4, 0.5) is 18.9 Å². The van der Waals surface area contributed by atoms with Crippen LogP contribution < -0.4 is 19.2 Å². The molecule has 0 aliphatic carbocycles. The molecule has 0 bridgehead atoms. The largest absolute Gasteiger partial charge is 0.493 e. The van der Waals surface area contributed by atoms with E-state index in [1.54, 1.807) is 24.3 Å². The number of carbonyl (C=O) groups excluding carboxylic acids is 1. The monoisotopic (exact) mass is 555 g/mol. The summed E-state index contributed by atoms with van der Waals surface area (Å²) in [7, 11) is -1.52. The van der Waals surface area contributed by atoms with E-state index >= 15 is 0 Å². The number of hydrogen-bond donors (Lipinski definition) is 1. The molecule has 196 valence electrons. The lowest BCUT2D eigenvalue weighted by atomic mass is 10.2. The molecule has 1 amide bonds. The van der Waals surface area contributed by atoms with Gasteiger partial charge in [0.05, 0.1) is 41.6 Å². The predicted octanol–water partition coefficient (Wildman–Crippen LogP) is 4.72. The fraction of sp³-hybridized carbons (Fsp3) is 0.167. The van der Waals surface area contributed by atoms with Crippen molar-refractivity contribution in [1.29, 1.82) is 0 Å². The van der Waals surface area contributed by atoms with Gasteiger partial charge in [0.25, 0.3) is 15.9 Å². The Labute approximate surface area is 216 Å². The molecular formula is C24H21ClF3N3O5S. The average Bonchev–Trinajstić information content (AvgIpc) is 2.87. The molecule has 0 fully saturated rings. The molecule has 13 heteroatoms. The third-order valence-corrected chi connectivity index (χ3v) is 7.09. The van der Waals surface area contributed by atoms with Gasteiger partial charge in [0, 0.05) is 0 Å². The highest BCUT2D eigenvalue weighted by atomic mass is 35.5. The van der Waals surface area contributed by atoms with Gasteiger partial charge < -0.3 is 9.47 Å². The normalized spacial score (nSPS) is 11.8. The number of nitrogens with zero attached hydrogens (tertiary/aromatic N) is 2. The maximum Gasteiger partial charge on any atom is 0.417 e. The molecule has 3 rings (SSSR count). The fourth-order valence-corrected chi connectivity index (χ4v) is 4.86. The van der Waals surface area contributed by atoms with Crippen molar-refractivity contribution < 1.29 is 35.9 Å². The molecule has 0 aliphatic heterocycles. The van der Waals surface area contributed by atoms with Gasteiger partial charge in [-0.2, -0.15) is 18.3 Å². The van der Waals surface area contributed by atoms with Gasteiger partial charge in [0.15, 0.2) is 11.5 Å². The van der Waals surface area contributed by atoms with Crippen LogP contribution in [0.2, 0.25) is 5.02 Å². The van der Waals surface area contributed by atoms with Crippen molar-refractivity contribution in [2.45, 2.75) is 11.1 Å². The summed E-state index contributed by atoms with van der Waals surface area (Å²) in [6.45, 7) is -0.862. The lowest BCUT2D eigenvalue weighted by Gasteiger charge is -2.24. The number of methoxy groups -OCH3 is 2. The summed E-state index contributed by atoms with van der Waals surface area (Å²) < 4.78 is 77.8. The minimum Gasteiger partial charge on any atom is -0.493 e. The van der Waals surface area contributed by atoms with Crippen LogP contribution in [0.15, 0.2) is 76.7 Å². The van der Waals surface area contributed by atoms with E-state index in [1.165, 1.54) is 44.7 Å². The van der Waals surface area contributed by atoms with E-state index in [0.29, 0.717) is 27.4 Å². The molecule has 8 nitrogen and oxygen atoms in total. The van der Waals surface area contributed by atoms with Gasteiger partial charge in [-0.3, -0.25) is 9.10 Å². The van der Waals surface area contributed by atoms with Gasteiger partial charge in [0.1, 0.15) is 6.54 Å². The zero-order valence-corrected chi connectivity index (χ0v) is 21.1. The van der Waals surface area contributed by atoms with Crippen LogP contribution in [0.25, 0.3) is 0 Å². The van der Waals surface area contributed by atoms with E-state index in [4.69, 9.17) is 21.1 Å². The highest BCUT2D eigenvalue weighted by molar-refractivity contribution is 7.92. The Kier molecular flexibility index (Phi) is 8.66. The van der Waals surface area contributed by atoms with Crippen LogP contribution in [0.3, 0.4) is 0 Å². The molecule has 0 radical (unpaired) electrons. The first kappa shape index (κ1) is 27.8. The lowest BCUT2D eigenvalue weighted by molar-refractivity contribution is -0.137. The Morgan fingerprint density at radius 1 is 1.03 bits per heavy atom. The first-order valence-corrected chi connectivity index (χ1v) is 12.3.